The number of likely N-dealkylation sites (tertiary alicyclic amines) is 1. The van der Waals surface area contributed by atoms with Crippen molar-refractivity contribution in [2.24, 2.45) is 11.8 Å². The van der Waals surface area contributed by atoms with Crippen molar-refractivity contribution in [1.82, 2.24) is 9.88 Å². The number of methoxy groups -OCH3 is 1. The lowest BCUT2D eigenvalue weighted by molar-refractivity contribution is -0.146. The smallest absolute Gasteiger partial charge is 0.308 e. The van der Waals surface area contributed by atoms with Crippen LogP contribution in [0, 0.1) is 11.8 Å². The molecule has 1 aromatic carbocycles. The number of thiophene rings is 1. The molecule has 1 aliphatic heterocycles. The number of rotatable bonds is 10. The molecular formula is C26H30ClFN2O3S. The number of aryl methyl sites for hydroxylation is 1. The van der Waals surface area contributed by atoms with Crippen molar-refractivity contribution in [3.8, 4) is 5.75 Å². The molecular weight excluding hydrogens is 475 g/mol. The molecule has 0 unspecified atom stereocenters. The van der Waals surface area contributed by atoms with Gasteiger partial charge in [0.1, 0.15) is 11.9 Å². The van der Waals surface area contributed by atoms with Crippen LogP contribution in [0.15, 0.2) is 41.9 Å². The maximum atomic E-state index is 15.4. The minimum absolute atomic E-state index is 0.0265. The molecule has 3 atom stereocenters. The number of ether oxygens (including phenoxy) is 1. The van der Waals surface area contributed by atoms with Crippen molar-refractivity contribution in [3.05, 3.63) is 57.4 Å². The van der Waals surface area contributed by atoms with E-state index in [0.29, 0.717) is 30.7 Å². The summed E-state index contributed by atoms with van der Waals surface area (Å²) < 4.78 is 20.6. The fourth-order valence-electron chi connectivity index (χ4n) is 4.93. The van der Waals surface area contributed by atoms with Gasteiger partial charge in [0, 0.05) is 23.0 Å². The van der Waals surface area contributed by atoms with E-state index >= 15 is 4.39 Å². The lowest BCUT2D eigenvalue weighted by Gasteiger charge is -2.36. The number of hydrogen-bond acceptors (Lipinski definition) is 5. The van der Waals surface area contributed by atoms with Gasteiger partial charge in [-0.25, -0.2) is 4.39 Å². The first-order valence-electron chi connectivity index (χ1n) is 11.7. The molecule has 3 aromatic rings. The highest BCUT2D eigenvalue weighted by Gasteiger charge is 2.34. The molecule has 1 saturated heterocycles. The fraction of sp³-hybridized carbons (Fsp3) is 0.462. The van der Waals surface area contributed by atoms with E-state index < -0.39 is 18.1 Å². The highest BCUT2D eigenvalue weighted by Crippen LogP contribution is 2.35. The number of benzene rings is 1. The van der Waals surface area contributed by atoms with Gasteiger partial charge in [-0.1, -0.05) is 11.6 Å². The Balaban J connectivity index is 1.34. The highest BCUT2D eigenvalue weighted by atomic mass is 35.5. The first-order chi connectivity index (χ1) is 16.5. The first kappa shape index (κ1) is 24.9. The van der Waals surface area contributed by atoms with Gasteiger partial charge in [0.25, 0.3) is 0 Å². The van der Waals surface area contributed by atoms with E-state index in [2.05, 4.69) is 9.88 Å². The van der Waals surface area contributed by atoms with Gasteiger partial charge in [-0.15, -0.1) is 11.3 Å². The van der Waals surface area contributed by atoms with Crippen molar-refractivity contribution >= 4 is 39.8 Å². The first-order valence-corrected chi connectivity index (χ1v) is 13.0. The maximum absolute atomic E-state index is 15.4. The normalized spacial score (nSPS) is 19.9. The number of carbonyl (C=O) groups is 1. The molecule has 0 spiro atoms. The zero-order valence-electron chi connectivity index (χ0n) is 19.3. The molecule has 0 bridgehead atoms. The Morgan fingerprint density at radius 3 is 2.97 bits per heavy atom. The maximum Gasteiger partial charge on any atom is 0.308 e. The van der Waals surface area contributed by atoms with Crippen LogP contribution >= 0.6 is 22.9 Å². The SMILES string of the molecule is COc1ccc2nccc([C@@H](F)CC[C@@H]3CCN(CCCc4sccc4Cl)C[C@@H]3C(=O)O)c2c1. The summed E-state index contributed by atoms with van der Waals surface area (Å²) in [4.78, 5) is 19.8. The topological polar surface area (TPSA) is 62.7 Å². The van der Waals surface area contributed by atoms with Gasteiger partial charge in [0.05, 0.1) is 23.6 Å². The second-order valence-corrected chi connectivity index (χ2v) is 10.3. The van der Waals surface area contributed by atoms with Gasteiger partial charge in [-0.3, -0.25) is 9.78 Å². The van der Waals surface area contributed by atoms with Gasteiger partial charge in [-0.05, 0) is 92.4 Å². The molecule has 1 fully saturated rings. The van der Waals surface area contributed by atoms with Crippen LogP contribution in [0.5, 0.6) is 5.75 Å². The van der Waals surface area contributed by atoms with Gasteiger partial charge in [0.15, 0.2) is 0 Å². The number of piperidine rings is 1. The van der Waals surface area contributed by atoms with Crippen LogP contribution in [0.25, 0.3) is 10.9 Å². The summed E-state index contributed by atoms with van der Waals surface area (Å²) >= 11 is 7.84. The van der Waals surface area contributed by atoms with E-state index in [4.69, 9.17) is 16.3 Å². The molecule has 8 heteroatoms. The molecule has 2 aromatic heterocycles. The lowest BCUT2D eigenvalue weighted by Crippen LogP contribution is -2.44. The average Bonchev–Trinajstić information content (AvgIpc) is 3.26. The van der Waals surface area contributed by atoms with Crippen LogP contribution < -0.4 is 4.74 Å². The van der Waals surface area contributed by atoms with Crippen molar-refractivity contribution in [1.29, 1.82) is 0 Å². The summed E-state index contributed by atoms with van der Waals surface area (Å²) in [6, 6.07) is 9.08. The van der Waals surface area contributed by atoms with Crippen molar-refractivity contribution in [2.75, 3.05) is 26.7 Å². The molecule has 5 nitrogen and oxygen atoms in total. The van der Waals surface area contributed by atoms with Crippen molar-refractivity contribution in [3.63, 3.8) is 0 Å². The Labute approximate surface area is 208 Å². The Morgan fingerprint density at radius 2 is 2.24 bits per heavy atom. The number of pyridine rings is 1. The van der Waals surface area contributed by atoms with E-state index in [0.717, 1.165) is 48.3 Å². The van der Waals surface area contributed by atoms with E-state index in [-0.39, 0.29) is 5.92 Å². The van der Waals surface area contributed by atoms with Crippen LogP contribution in [0.2, 0.25) is 5.02 Å². The van der Waals surface area contributed by atoms with Crippen molar-refractivity contribution < 1.29 is 19.0 Å². The van der Waals surface area contributed by atoms with Crippen LogP contribution in [0.1, 0.15) is 42.3 Å². The molecule has 0 aliphatic carbocycles. The molecule has 0 saturated carbocycles. The standard InChI is InChI=1S/C26H30ClFN2O3S/c1-33-18-5-7-24-20(15-18)19(8-11-29-24)23(28)6-4-17-9-13-30(16-21(17)26(31)32)12-2-3-25-22(27)10-14-34-25/h5,7-8,10-11,14-15,17,21,23H,2-4,6,9,12-13,16H2,1H3,(H,31,32)/t17-,21+,23+/m1/s1. The number of hydrogen-bond donors (Lipinski definition) is 1. The summed E-state index contributed by atoms with van der Waals surface area (Å²) in [5.41, 5.74) is 1.31. The van der Waals surface area contributed by atoms with E-state index in [1.165, 1.54) is 4.88 Å². The number of halogens is 2. The molecule has 4 rings (SSSR count). The zero-order valence-corrected chi connectivity index (χ0v) is 20.8. The summed E-state index contributed by atoms with van der Waals surface area (Å²) in [5.74, 6) is -0.624. The zero-order chi connectivity index (χ0) is 24.1. The number of aliphatic carboxylic acids is 1. The fourth-order valence-corrected chi connectivity index (χ4v) is 6.10. The number of nitrogens with zero attached hydrogens (tertiary/aromatic N) is 2. The Bertz CT molecular complexity index is 1120. The van der Waals surface area contributed by atoms with Crippen LogP contribution in [0.4, 0.5) is 4.39 Å². The molecule has 0 amide bonds. The monoisotopic (exact) mass is 504 g/mol. The Kier molecular flexibility index (Phi) is 8.40. The number of fused-ring (bicyclic) bond motifs is 1. The summed E-state index contributed by atoms with van der Waals surface area (Å²) in [5, 5.41) is 13.4. The summed E-state index contributed by atoms with van der Waals surface area (Å²) in [6.07, 6.45) is 3.91. The van der Waals surface area contributed by atoms with Gasteiger partial charge < -0.3 is 14.7 Å². The third-order valence-electron chi connectivity index (χ3n) is 6.84. The second-order valence-electron chi connectivity index (χ2n) is 8.92. The molecule has 182 valence electrons. The predicted molar refractivity (Wildman–Crippen MR) is 135 cm³/mol. The Morgan fingerprint density at radius 1 is 1.38 bits per heavy atom. The van der Waals surface area contributed by atoms with Gasteiger partial charge in [0.2, 0.25) is 0 Å². The minimum Gasteiger partial charge on any atom is -0.497 e. The van der Waals surface area contributed by atoms with Crippen LogP contribution in [-0.4, -0.2) is 47.7 Å². The van der Waals surface area contributed by atoms with E-state index in [1.54, 1.807) is 30.7 Å². The minimum atomic E-state index is -1.18. The molecule has 1 aliphatic rings. The third-order valence-corrected chi connectivity index (χ3v) is 8.28. The highest BCUT2D eigenvalue weighted by molar-refractivity contribution is 7.10. The molecule has 1 N–H and O–H groups in total. The third kappa shape index (κ3) is 5.88. The van der Waals surface area contributed by atoms with Crippen LogP contribution in [-0.2, 0) is 11.2 Å². The average molecular weight is 505 g/mol. The van der Waals surface area contributed by atoms with Crippen molar-refractivity contribution in [2.45, 2.75) is 38.3 Å². The molecule has 34 heavy (non-hydrogen) atoms. The predicted octanol–water partition coefficient (Wildman–Crippen LogP) is 6.40. The van der Waals surface area contributed by atoms with E-state index in [1.807, 2.05) is 29.6 Å². The number of aromatic nitrogens is 1. The van der Waals surface area contributed by atoms with E-state index in [9.17, 15) is 9.90 Å². The van der Waals surface area contributed by atoms with Gasteiger partial charge in [-0.2, -0.15) is 0 Å². The lowest BCUT2D eigenvalue weighted by atomic mass is 9.81. The number of alkyl halides is 1. The second kappa shape index (κ2) is 11.5. The molecule has 3 heterocycles. The number of carboxylic acid groups (broad SMARTS) is 1. The quantitative estimate of drug-likeness (QED) is 0.346. The number of carboxylic acids is 1. The molecule has 0 radical (unpaired) electrons. The van der Waals surface area contributed by atoms with Gasteiger partial charge >= 0.3 is 5.97 Å². The largest absolute Gasteiger partial charge is 0.497 e. The summed E-state index contributed by atoms with van der Waals surface area (Å²) in [7, 11) is 1.58. The summed E-state index contributed by atoms with van der Waals surface area (Å²) in [6.45, 7) is 2.21. The Hall–Kier alpha value is -2.22. The van der Waals surface area contributed by atoms with Crippen LogP contribution in [0.3, 0.4) is 0 Å².